The van der Waals surface area contributed by atoms with E-state index in [2.05, 4.69) is 0 Å². The lowest BCUT2D eigenvalue weighted by molar-refractivity contribution is 0.147. The van der Waals surface area contributed by atoms with E-state index in [1.807, 2.05) is 32.0 Å². The molecule has 3 aromatic rings. The zero-order valence-corrected chi connectivity index (χ0v) is 22.1. The Morgan fingerprint density at radius 1 is 0.972 bits per heavy atom. The third kappa shape index (κ3) is 5.50. The highest BCUT2D eigenvalue weighted by Crippen LogP contribution is 2.41. The summed E-state index contributed by atoms with van der Waals surface area (Å²) in [6, 6.07) is 12.4. The molecule has 0 bridgehead atoms. The predicted octanol–water partition coefficient (Wildman–Crippen LogP) is 4.90. The van der Waals surface area contributed by atoms with E-state index < -0.39 is 9.84 Å². The Labute approximate surface area is 212 Å². The highest BCUT2D eigenvalue weighted by molar-refractivity contribution is 7.91. The van der Waals surface area contributed by atoms with Crippen molar-refractivity contribution in [3.05, 3.63) is 70.1 Å². The van der Waals surface area contributed by atoms with E-state index in [0.29, 0.717) is 28.4 Å². The standard InChI is InChI=1S/C28H34N2O5S/c1-5-36(32,33)22-13-14-25(35-28-18(2)7-6-8-19(28)3)23(15-22)24-17-30(4)27(31)16-26(24)34-21-11-9-20(29)10-12-21/h6-8,13-17,20-21H,5,9-12,29H2,1-4H3. The van der Waals surface area contributed by atoms with E-state index in [-0.39, 0.29) is 28.4 Å². The van der Waals surface area contributed by atoms with Crippen LogP contribution in [0.15, 0.2) is 58.4 Å². The Kier molecular flexibility index (Phi) is 7.57. The molecule has 192 valence electrons. The molecule has 1 fully saturated rings. The SMILES string of the molecule is CCS(=O)(=O)c1ccc(Oc2c(C)cccc2C)c(-c2cn(C)c(=O)cc2OC2CCC(N)CC2)c1. The molecule has 1 heterocycles. The van der Waals surface area contributed by atoms with Crippen LogP contribution in [0.5, 0.6) is 17.2 Å². The number of nitrogens with zero attached hydrogens (tertiary/aromatic N) is 1. The molecule has 1 aliphatic carbocycles. The Bertz CT molecular complexity index is 1400. The molecule has 8 heteroatoms. The predicted molar refractivity (Wildman–Crippen MR) is 142 cm³/mol. The van der Waals surface area contributed by atoms with E-state index in [1.54, 1.807) is 38.4 Å². The normalized spacial score (nSPS) is 18.1. The number of para-hydroxylation sites is 1. The van der Waals surface area contributed by atoms with Crippen molar-refractivity contribution < 1.29 is 17.9 Å². The molecule has 7 nitrogen and oxygen atoms in total. The third-order valence-corrected chi connectivity index (χ3v) is 8.54. The first kappa shape index (κ1) is 26.0. The molecule has 2 aromatic carbocycles. The maximum atomic E-state index is 12.8. The van der Waals surface area contributed by atoms with Gasteiger partial charge in [0, 0.05) is 36.5 Å². The summed E-state index contributed by atoms with van der Waals surface area (Å²) in [5, 5.41) is 0. The van der Waals surface area contributed by atoms with Crippen molar-refractivity contribution in [2.45, 2.75) is 63.5 Å². The third-order valence-electron chi connectivity index (χ3n) is 6.80. The van der Waals surface area contributed by atoms with Gasteiger partial charge in [-0.1, -0.05) is 25.1 Å². The monoisotopic (exact) mass is 510 g/mol. The second-order valence-electron chi connectivity index (χ2n) is 9.54. The van der Waals surface area contributed by atoms with E-state index in [9.17, 15) is 13.2 Å². The van der Waals surface area contributed by atoms with Crippen molar-refractivity contribution >= 4 is 9.84 Å². The van der Waals surface area contributed by atoms with E-state index >= 15 is 0 Å². The molecule has 0 radical (unpaired) electrons. The van der Waals surface area contributed by atoms with Crippen LogP contribution < -0.4 is 20.8 Å². The molecule has 1 aliphatic rings. The lowest BCUT2D eigenvalue weighted by atomic mass is 9.93. The number of ether oxygens (including phenoxy) is 2. The van der Waals surface area contributed by atoms with Crippen molar-refractivity contribution in [1.82, 2.24) is 4.57 Å². The van der Waals surface area contributed by atoms with Gasteiger partial charge >= 0.3 is 0 Å². The summed E-state index contributed by atoms with van der Waals surface area (Å²) in [5.74, 6) is 1.58. The van der Waals surface area contributed by atoms with Crippen LogP contribution in [0.25, 0.3) is 11.1 Å². The minimum Gasteiger partial charge on any atom is -0.490 e. The van der Waals surface area contributed by atoms with Crippen molar-refractivity contribution in [2.75, 3.05) is 5.75 Å². The molecule has 1 saturated carbocycles. The smallest absolute Gasteiger partial charge is 0.254 e. The fraction of sp³-hybridized carbons (Fsp3) is 0.393. The van der Waals surface area contributed by atoms with Crippen molar-refractivity contribution in [3.63, 3.8) is 0 Å². The number of hydrogen-bond acceptors (Lipinski definition) is 6. The second kappa shape index (κ2) is 10.5. The van der Waals surface area contributed by atoms with Gasteiger partial charge in [-0.05, 0) is 68.9 Å². The van der Waals surface area contributed by atoms with Crippen LogP contribution in [-0.2, 0) is 16.9 Å². The topological polar surface area (TPSA) is 101 Å². The number of aromatic nitrogens is 1. The van der Waals surface area contributed by atoms with Crippen molar-refractivity contribution in [3.8, 4) is 28.4 Å². The second-order valence-corrected chi connectivity index (χ2v) is 11.8. The first-order chi connectivity index (χ1) is 17.1. The largest absolute Gasteiger partial charge is 0.490 e. The molecular weight excluding hydrogens is 476 g/mol. The number of sulfone groups is 1. The van der Waals surface area contributed by atoms with Crippen LogP contribution >= 0.6 is 0 Å². The van der Waals surface area contributed by atoms with Crippen LogP contribution in [0.3, 0.4) is 0 Å². The summed E-state index contributed by atoms with van der Waals surface area (Å²) in [4.78, 5) is 12.8. The molecule has 1 aromatic heterocycles. The number of hydrogen-bond donors (Lipinski definition) is 1. The molecule has 0 unspecified atom stereocenters. The first-order valence-electron chi connectivity index (χ1n) is 12.3. The summed E-state index contributed by atoms with van der Waals surface area (Å²) < 4.78 is 39.8. The fourth-order valence-electron chi connectivity index (χ4n) is 4.54. The molecule has 0 spiro atoms. The van der Waals surface area contributed by atoms with Gasteiger partial charge in [0.1, 0.15) is 17.2 Å². The van der Waals surface area contributed by atoms with Gasteiger partial charge in [0.2, 0.25) is 0 Å². The molecule has 0 saturated heterocycles. The minimum atomic E-state index is -3.48. The Morgan fingerprint density at radius 2 is 1.64 bits per heavy atom. The average Bonchev–Trinajstić information content (AvgIpc) is 2.85. The average molecular weight is 511 g/mol. The van der Waals surface area contributed by atoms with Crippen LogP contribution in [0.2, 0.25) is 0 Å². The molecule has 0 atom stereocenters. The van der Waals surface area contributed by atoms with Gasteiger partial charge < -0.3 is 19.8 Å². The van der Waals surface area contributed by atoms with Gasteiger partial charge in [-0.15, -0.1) is 0 Å². The highest BCUT2D eigenvalue weighted by atomic mass is 32.2. The number of pyridine rings is 1. The molecular formula is C28H34N2O5S. The maximum absolute atomic E-state index is 12.8. The van der Waals surface area contributed by atoms with Crippen molar-refractivity contribution in [1.29, 1.82) is 0 Å². The number of nitrogens with two attached hydrogens (primary N) is 1. The van der Waals surface area contributed by atoms with E-state index in [1.165, 1.54) is 10.6 Å². The van der Waals surface area contributed by atoms with Gasteiger partial charge in [-0.25, -0.2) is 8.42 Å². The lowest BCUT2D eigenvalue weighted by Gasteiger charge is -2.28. The zero-order valence-electron chi connectivity index (χ0n) is 21.3. The highest BCUT2D eigenvalue weighted by Gasteiger charge is 2.24. The number of benzene rings is 2. The quantitative estimate of drug-likeness (QED) is 0.485. The van der Waals surface area contributed by atoms with Gasteiger partial charge in [0.05, 0.1) is 16.8 Å². The minimum absolute atomic E-state index is 0.0253. The van der Waals surface area contributed by atoms with Crippen LogP contribution in [0.1, 0.15) is 43.7 Å². The molecule has 36 heavy (non-hydrogen) atoms. The molecule has 0 amide bonds. The number of aryl methyl sites for hydroxylation is 3. The van der Waals surface area contributed by atoms with Crippen molar-refractivity contribution in [2.24, 2.45) is 12.8 Å². The van der Waals surface area contributed by atoms with E-state index in [4.69, 9.17) is 15.2 Å². The first-order valence-corrected chi connectivity index (χ1v) is 14.0. The van der Waals surface area contributed by atoms with E-state index in [0.717, 1.165) is 36.8 Å². The Balaban J connectivity index is 1.88. The van der Waals surface area contributed by atoms with Crippen LogP contribution in [0, 0.1) is 13.8 Å². The van der Waals surface area contributed by atoms with Crippen LogP contribution in [0.4, 0.5) is 0 Å². The molecule has 2 N–H and O–H groups in total. The summed E-state index contributed by atoms with van der Waals surface area (Å²) in [6.45, 7) is 5.55. The number of rotatable bonds is 7. The van der Waals surface area contributed by atoms with Gasteiger partial charge in [-0.2, -0.15) is 0 Å². The van der Waals surface area contributed by atoms with Gasteiger partial charge in [0.15, 0.2) is 9.84 Å². The van der Waals surface area contributed by atoms with Gasteiger partial charge in [0.25, 0.3) is 5.56 Å². The maximum Gasteiger partial charge on any atom is 0.254 e. The Hall–Kier alpha value is -3.10. The Morgan fingerprint density at radius 3 is 2.28 bits per heavy atom. The lowest BCUT2D eigenvalue weighted by Crippen LogP contribution is -2.32. The van der Waals surface area contributed by atoms with Crippen LogP contribution in [-0.4, -0.2) is 30.9 Å². The summed E-state index contributed by atoms with van der Waals surface area (Å²) in [5.41, 5.74) is 8.91. The van der Waals surface area contributed by atoms with Gasteiger partial charge in [-0.3, -0.25) is 4.79 Å². The molecule has 4 rings (SSSR count). The summed E-state index contributed by atoms with van der Waals surface area (Å²) >= 11 is 0. The zero-order chi connectivity index (χ0) is 26.0. The summed E-state index contributed by atoms with van der Waals surface area (Å²) in [6.07, 6.45) is 4.92. The fourth-order valence-corrected chi connectivity index (χ4v) is 5.44. The summed E-state index contributed by atoms with van der Waals surface area (Å²) in [7, 11) is -1.82. The molecule has 0 aliphatic heterocycles.